The van der Waals surface area contributed by atoms with Gasteiger partial charge in [-0.2, -0.15) is 5.10 Å². The second-order valence-electron chi connectivity index (χ2n) is 5.21. The van der Waals surface area contributed by atoms with Crippen LogP contribution in [0.25, 0.3) is 0 Å². The van der Waals surface area contributed by atoms with E-state index in [1.54, 1.807) is 11.0 Å². The van der Waals surface area contributed by atoms with Crippen LogP contribution in [0.15, 0.2) is 36.9 Å². The summed E-state index contributed by atoms with van der Waals surface area (Å²) in [4.78, 5) is 17.8. The number of rotatable bonds is 7. The molecule has 1 unspecified atom stereocenters. The molecule has 118 valence electrons. The fourth-order valence-corrected chi connectivity index (χ4v) is 2.44. The maximum atomic E-state index is 12.0. The van der Waals surface area contributed by atoms with Gasteiger partial charge in [-0.25, -0.2) is 4.98 Å². The molecule has 7 heteroatoms. The van der Waals surface area contributed by atoms with E-state index in [1.807, 2.05) is 43.3 Å². The third-order valence-electron chi connectivity index (χ3n) is 3.41. The number of nitrogens with zero attached hydrogens (tertiary/aromatic N) is 4. The summed E-state index contributed by atoms with van der Waals surface area (Å²) in [6.45, 7) is 1.03. The highest BCUT2D eigenvalue weighted by Crippen LogP contribution is 2.25. The molecule has 2 rings (SSSR count). The Balaban J connectivity index is 1.89. The number of halogens is 1. The maximum Gasteiger partial charge on any atom is 0.221 e. The molecule has 22 heavy (non-hydrogen) atoms. The topological polar surface area (TPSA) is 63.1 Å². The zero-order valence-electron chi connectivity index (χ0n) is 12.7. The SMILES string of the molecule is CN(C)C(CNC(=O)CCn1cncn1)c1ccccc1Cl. The van der Waals surface area contributed by atoms with Crippen LogP contribution in [0.2, 0.25) is 5.02 Å². The van der Waals surface area contributed by atoms with Crippen molar-refractivity contribution in [3.63, 3.8) is 0 Å². The van der Waals surface area contributed by atoms with Crippen molar-refractivity contribution < 1.29 is 4.79 Å². The molecule has 1 aromatic carbocycles. The number of hydrogen-bond acceptors (Lipinski definition) is 4. The molecule has 0 aliphatic carbocycles. The van der Waals surface area contributed by atoms with Crippen molar-refractivity contribution in [2.24, 2.45) is 0 Å². The van der Waals surface area contributed by atoms with Crippen molar-refractivity contribution >= 4 is 17.5 Å². The lowest BCUT2D eigenvalue weighted by Crippen LogP contribution is -2.35. The Hall–Kier alpha value is -1.92. The van der Waals surface area contributed by atoms with E-state index in [-0.39, 0.29) is 11.9 Å². The summed E-state index contributed by atoms with van der Waals surface area (Å²) in [5.41, 5.74) is 1.01. The van der Waals surface area contributed by atoms with Crippen molar-refractivity contribution in [3.05, 3.63) is 47.5 Å². The molecule has 0 bridgehead atoms. The normalized spacial score (nSPS) is 12.4. The highest BCUT2D eigenvalue weighted by atomic mass is 35.5. The number of likely N-dealkylation sites (N-methyl/N-ethyl adjacent to an activating group) is 1. The first kappa shape index (κ1) is 16.5. The molecule has 1 atom stereocenters. The number of aryl methyl sites for hydroxylation is 1. The predicted octanol–water partition coefficient (Wildman–Crippen LogP) is 1.74. The molecule has 0 saturated carbocycles. The van der Waals surface area contributed by atoms with Gasteiger partial charge in [-0.1, -0.05) is 29.8 Å². The predicted molar refractivity (Wildman–Crippen MR) is 85.5 cm³/mol. The fourth-order valence-electron chi connectivity index (χ4n) is 2.18. The quantitative estimate of drug-likeness (QED) is 0.843. The summed E-state index contributed by atoms with van der Waals surface area (Å²) in [7, 11) is 3.94. The second-order valence-corrected chi connectivity index (χ2v) is 5.62. The van der Waals surface area contributed by atoms with E-state index in [0.29, 0.717) is 24.5 Å². The van der Waals surface area contributed by atoms with Crippen molar-refractivity contribution in [2.45, 2.75) is 19.0 Å². The van der Waals surface area contributed by atoms with Crippen molar-refractivity contribution in [2.75, 3.05) is 20.6 Å². The number of carbonyl (C=O) groups excluding carboxylic acids is 1. The Morgan fingerprint density at radius 2 is 2.18 bits per heavy atom. The van der Waals surface area contributed by atoms with E-state index in [0.717, 1.165) is 5.56 Å². The first-order valence-corrected chi connectivity index (χ1v) is 7.45. The second kappa shape index (κ2) is 7.91. The van der Waals surface area contributed by atoms with Gasteiger partial charge in [0.05, 0.1) is 12.6 Å². The van der Waals surface area contributed by atoms with Gasteiger partial charge in [0.2, 0.25) is 5.91 Å². The zero-order valence-corrected chi connectivity index (χ0v) is 13.5. The summed E-state index contributed by atoms with van der Waals surface area (Å²) in [5, 5.41) is 7.63. The van der Waals surface area contributed by atoms with E-state index in [1.165, 1.54) is 6.33 Å². The first-order chi connectivity index (χ1) is 10.6. The number of amides is 1. The number of hydrogen-bond donors (Lipinski definition) is 1. The summed E-state index contributed by atoms with van der Waals surface area (Å²) in [5.74, 6) is -0.0191. The average molecular weight is 322 g/mol. The lowest BCUT2D eigenvalue weighted by molar-refractivity contribution is -0.121. The van der Waals surface area contributed by atoms with Crippen LogP contribution in [0.5, 0.6) is 0 Å². The minimum absolute atomic E-state index is 0.0191. The zero-order chi connectivity index (χ0) is 15.9. The van der Waals surface area contributed by atoms with Crippen LogP contribution in [-0.2, 0) is 11.3 Å². The number of aromatic nitrogens is 3. The Labute approximate surface area is 135 Å². The van der Waals surface area contributed by atoms with E-state index in [2.05, 4.69) is 15.4 Å². The molecule has 1 aromatic heterocycles. The van der Waals surface area contributed by atoms with Crippen LogP contribution in [0.3, 0.4) is 0 Å². The van der Waals surface area contributed by atoms with Gasteiger partial charge in [0.25, 0.3) is 0 Å². The molecule has 0 fully saturated rings. The molecule has 1 heterocycles. The molecule has 0 radical (unpaired) electrons. The molecule has 0 aliphatic rings. The monoisotopic (exact) mass is 321 g/mol. The fraction of sp³-hybridized carbons (Fsp3) is 0.400. The van der Waals surface area contributed by atoms with Crippen LogP contribution in [0.4, 0.5) is 0 Å². The van der Waals surface area contributed by atoms with Crippen molar-refractivity contribution in [1.29, 1.82) is 0 Å². The largest absolute Gasteiger partial charge is 0.354 e. The number of benzene rings is 1. The highest BCUT2D eigenvalue weighted by molar-refractivity contribution is 6.31. The smallest absolute Gasteiger partial charge is 0.221 e. The van der Waals surface area contributed by atoms with Gasteiger partial charge in [-0.05, 0) is 25.7 Å². The van der Waals surface area contributed by atoms with E-state index in [9.17, 15) is 4.79 Å². The van der Waals surface area contributed by atoms with E-state index in [4.69, 9.17) is 11.6 Å². The molecule has 6 nitrogen and oxygen atoms in total. The lowest BCUT2D eigenvalue weighted by Gasteiger charge is -2.26. The van der Waals surface area contributed by atoms with Crippen LogP contribution in [-0.4, -0.2) is 46.2 Å². The summed E-state index contributed by atoms with van der Waals surface area (Å²) < 4.78 is 1.64. The van der Waals surface area contributed by atoms with Gasteiger partial charge in [-0.15, -0.1) is 0 Å². The van der Waals surface area contributed by atoms with Gasteiger partial charge in [-0.3, -0.25) is 9.48 Å². The minimum atomic E-state index is -0.0191. The molecular formula is C15H20ClN5O. The Morgan fingerprint density at radius 1 is 1.41 bits per heavy atom. The standard InChI is InChI=1S/C15H20ClN5O/c1-20(2)14(12-5-3-4-6-13(12)16)9-18-15(22)7-8-21-11-17-10-19-21/h3-6,10-11,14H,7-9H2,1-2H3,(H,18,22). The molecule has 1 N–H and O–H groups in total. The number of carbonyl (C=O) groups is 1. The van der Waals surface area contributed by atoms with Gasteiger partial charge in [0, 0.05) is 18.0 Å². The van der Waals surface area contributed by atoms with Crippen LogP contribution >= 0.6 is 11.6 Å². The van der Waals surface area contributed by atoms with Gasteiger partial charge in [0.15, 0.2) is 0 Å². The highest BCUT2D eigenvalue weighted by Gasteiger charge is 2.17. The summed E-state index contributed by atoms with van der Waals surface area (Å²) >= 11 is 6.25. The Morgan fingerprint density at radius 3 is 2.82 bits per heavy atom. The Kier molecular flexibility index (Phi) is 5.91. The summed E-state index contributed by atoms with van der Waals surface area (Å²) in [6, 6.07) is 7.72. The van der Waals surface area contributed by atoms with E-state index >= 15 is 0 Å². The third-order valence-corrected chi connectivity index (χ3v) is 3.76. The summed E-state index contributed by atoms with van der Waals surface area (Å²) in [6.07, 6.45) is 3.42. The van der Waals surface area contributed by atoms with Gasteiger partial charge >= 0.3 is 0 Å². The van der Waals surface area contributed by atoms with Crippen LogP contribution in [0, 0.1) is 0 Å². The van der Waals surface area contributed by atoms with Crippen LogP contribution in [0.1, 0.15) is 18.0 Å². The van der Waals surface area contributed by atoms with Crippen molar-refractivity contribution in [3.8, 4) is 0 Å². The Bertz CT molecular complexity index is 600. The maximum absolute atomic E-state index is 12.0. The average Bonchev–Trinajstić information content (AvgIpc) is 3.00. The van der Waals surface area contributed by atoms with Crippen molar-refractivity contribution in [1.82, 2.24) is 25.0 Å². The number of nitrogens with one attached hydrogen (secondary N) is 1. The molecule has 2 aromatic rings. The van der Waals surface area contributed by atoms with Gasteiger partial charge in [0.1, 0.15) is 12.7 Å². The lowest BCUT2D eigenvalue weighted by atomic mass is 10.1. The van der Waals surface area contributed by atoms with Gasteiger partial charge < -0.3 is 10.2 Å². The molecule has 0 saturated heterocycles. The third kappa shape index (κ3) is 4.54. The van der Waals surface area contributed by atoms with Crippen LogP contribution < -0.4 is 5.32 Å². The van der Waals surface area contributed by atoms with E-state index < -0.39 is 0 Å². The molecular weight excluding hydrogens is 302 g/mol. The minimum Gasteiger partial charge on any atom is -0.354 e. The first-order valence-electron chi connectivity index (χ1n) is 7.08. The molecule has 0 aliphatic heterocycles. The molecule has 1 amide bonds. The molecule has 0 spiro atoms.